The van der Waals surface area contributed by atoms with Crippen molar-refractivity contribution in [2.24, 2.45) is 0 Å². The molecule has 100 valence electrons. The molecular formula is C16H20N2O. The first kappa shape index (κ1) is 12.4. The number of aryl methyl sites for hydroxylation is 1. The first-order valence-corrected chi connectivity index (χ1v) is 7.15. The van der Waals surface area contributed by atoms with Crippen LogP contribution in [-0.2, 0) is 12.8 Å². The number of hydrogen-bond donors (Lipinski definition) is 2. The van der Waals surface area contributed by atoms with Crippen molar-refractivity contribution in [3.05, 3.63) is 35.5 Å². The predicted molar refractivity (Wildman–Crippen MR) is 78.6 cm³/mol. The Labute approximate surface area is 113 Å². The summed E-state index contributed by atoms with van der Waals surface area (Å²) in [5, 5.41) is 13.7. The number of anilines is 1. The van der Waals surface area contributed by atoms with Crippen molar-refractivity contribution in [2.75, 3.05) is 18.5 Å². The maximum Gasteiger partial charge on any atom is 0.0726 e. The van der Waals surface area contributed by atoms with E-state index in [1.54, 1.807) is 0 Å². The second-order valence-corrected chi connectivity index (χ2v) is 5.14. The molecule has 0 fully saturated rings. The van der Waals surface area contributed by atoms with Crippen LogP contribution in [0.2, 0.25) is 0 Å². The molecule has 0 amide bonds. The highest BCUT2D eigenvalue weighted by molar-refractivity contribution is 5.93. The average Bonchev–Trinajstić information content (AvgIpc) is 2.46. The van der Waals surface area contributed by atoms with Crippen LogP contribution >= 0.6 is 0 Å². The van der Waals surface area contributed by atoms with Gasteiger partial charge in [-0.3, -0.25) is 4.98 Å². The lowest BCUT2D eigenvalue weighted by atomic mass is 9.92. The Morgan fingerprint density at radius 1 is 1.16 bits per heavy atom. The minimum Gasteiger partial charge on any atom is -0.396 e. The molecule has 0 unspecified atom stereocenters. The van der Waals surface area contributed by atoms with Crippen molar-refractivity contribution in [2.45, 2.75) is 32.1 Å². The first-order valence-electron chi connectivity index (χ1n) is 7.15. The van der Waals surface area contributed by atoms with Crippen LogP contribution in [0.4, 0.5) is 5.69 Å². The maximum atomic E-state index is 8.94. The Morgan fingerprint density at radius 3 is 2.89 bits per heavy atom. The Bertz CT molecular complexity index is 580. The van der Waals surface area contributed by atoms with Gasteiger partial charge >= 0.3 is 0 Å². The van der Waals surface area contributed by atoms with Crippen LogP contribution in [0.3, 0.4) is 0 Å². The molecule has 1 heterocycles. The number of benzene rings is 1. The van der Waals surface area contributed by atoms with Gasteiger partial charge in [0.1, 0.15) is 0 Å². The zero-order valence-electron chi connectivity index (χ0n) is 11.2. The Kier molecular flexibility index (Phi) is 3.65. The highest BCUT2D eigenvalue weighted by Crippen LogP contribution is 2.33. The van der Waals surface area contributed by atoms with Crippen molar-refractivity contribution in [1.29, 1.82) is 0 Å². The molecule has 0 radical (unpaired) electrons. The second-order valence-electron chi connectivity index (χ2n) is 5.14. The number of aliphatic hydroxyl groups is 1. The van der Waals surface area contributed by atoms with Crippen LogP contribution in [0.25, 0.3) is 10.9 Å². The Morgan fingerprint density at radius 2 is 2.00 bits per heavy atom. The summed E-state index contributed by atoms with van der Waals surface area (Å²) in [6.07, 6.45) is 5.49. The van der Waals surface area contributed by atoms with Gasteiger partial charge in [-0.25, -0.2) is 0 Å². The third-order valence-corrected chi connectivity index (χ3v) is 3.81. The van der Waals surface area contributed by atoms with E-state index >= 15 is 0 Å². The van der Waals surface area contributed by atoms with E-state index in [9.17, 15) is 0 Å². The maximum absolute atomic E-state index is 8.94. The van der Waals surface area contributed by atoms with E-state index in [0.717, 1.165) is 31.3 Å². The SMILES string of the molecule is OCCCNc1c2c(nc3ccccc13)CCCC2. The van der Waals surface area contributed by atoms with Crippen molar-refractivity contribution in [3.8, 4) is 0 Å². The third kappa shape index (κ3) is 2.43. The first-order chi connectivity index (χ1) is 9.40. The number of aromatic nitrogens is 1. The molecule has 3 nitrogen and oxygen atoms in total. The molecule has 0 atom stereocenters. The summed E-state index contributed by atoms with van der Waals surface area (Å²) in [5.41, 5.74) is 4.97. The summed E-state index contributed by atoms with van der Waals surface area (Å²) in [7, 11) is 0. The Hall–Kier alpha value is -1.61. The number of hydrogen-bond acceptors (Lipinski definition) is 3. The molecular weight excluding hydrogens is 236 g/mol. The van der Waals surface area contributed by atoms with E-state index in [0.29, 0.717) is 0 Å². The number of fused-ring (bicyclic) bond motifs is 2. The minimum atomic E-state index is 0.234. The fourth-order valence-electron chi connectivity index (χ4n) is 2.87. The van der Waals surface area contributed by atoms with Crippen LogP contribution in [0.15, 0.2) is 24.3 Å². The van der Waals surface area contributed by atoms with E-state index in [1.807, 2.05) is 6.07 Å². The van der Waals surface area contributed by atoms with Gasteiger partial charge in [0.05, 0.1) is 5.52 Å². The van der Waals surface area contributed by atoms with Crippen molar-refractivity contribution >= 4 is 16.6 Å². The zero-order valence-corrected chi connectivity index (χ0v) is 11.2. The van der Waals surface area contributed by atoms with Gasteiger partial charge in [-0.05, 0) is 43.7 Å². The molecule has 3 rings (SSSR count). The van der Waals surface area contributed by atoms with Crippen molar-refractivity contribution in [3.63, 3.8) is 0 Å². The molecule has 1 aromatic heterocycles. The molecule has 0 aliphatic heterocycles. The molecule has 0 saturated carbocycles. The monoisotopic (exact) mass is 256 g/mol. The average molecular weight is 256 g/mol. The standard InChI is InChI=1S/C16H20N2O/c19-11-5-10-17-16-12-6-1-3-8-14(12)18-15-9-4-2-7-13(15)16/h1,3,6,8,19H,2,4-5,7,9-11H2,(H,17,18). The molecule has 1 aliphatic carbocycles. The molecule has 1 aliphatic rings. The van der Waals surface area contributed by atoms with Gasteiger partial charge in [0.15, 0.2) is 0 Å². The van der Waals surface area contributed by atoms with Crippen LogP contribution in [-0.4, -0.2) is 23.2 Å². The third-order valence-electron chi connectivity index (χ3n) is 3.81. The highest BCUT2D eigenvalue weighted by Gasteiger charge is 2.17. The van der Waals surface area contributed by atoms with Gasteiger partial charge in [0.2, 0.25) is 0 Å². The summed E-state index contributed by atoms with van der Waals surface area (Å²) in [4.78, 5) is 4.82. The number of rotatable bonds is 4. The highest BCUT2D eigenvalue weighted by atomic mass is 16.3. The number of pyridine rings is 1. The number of para-hydroxylation sites is 1. The van der Waals surface area contributed by atoms with Gasteiger partial charge < -0.3 is 10.4 Å². The van der Waals surface area contributed by atoms with Crippen LogP contribution in [0, 0.1) is 0 Å². The zero-order chi connectivity index (χ0) is 13.1. The quantitative estimate of drug-likeness (QED) is 0.827. The summed E-state index contributed by atoms with van der Waals surface area (Å²) < 4.78 is 0. The molecule has 19 heavy (non-hydrogen) atoms. The fourth-order valence-corrected chi connectivity index (χ4v) is 2.87. The molecule has 1 aromatic carbocycles. The predicted octanol–water partition coefficient (Wildman–Crippen LogP) is 2.91. The number of aliphatic hydroxyl groups excluding tert-OH is 1. The van der Waals surface area contributed by atoms with E-state index in [1.165, 1.54) is 35.2 Å². The van der Waals surface area contributed by atoms with Gasteiger partial charge in [-0.1, -0.05) is 18.2 Å². The van der Waals surface area contributed by atoms with Gasteiger partial charge in [-0.15, -0.1) is 0 Å². The van der Waals surface area contributed by atoms with Crippen molar-refractivity contribution in [1.82, 2.24) is 4.98 Å². The summed E-state index contributed by atoms with van der Waals surface area (Å²) in [6.45, 7) is 1.05. The van der Waals surface area contributed by atoms with E-state index in [-0.39, 0.29) is 6.61 Å². The lowest BCUT2D eigenvalue weighted by molar-refractivity contribution is 0.292. The fraction of sp³-hybridized carbons (Fsp3) is 0.438. The topological polar surface area (TPSA) is 45.1 Å². The van der Waals surface area contributed by atoms with Gasteiger partial charge in [-0.2, -0.15) is 0 Å². The molecule has 0 saturated heterocycles. The van der Waals surface area contributed by atoms with Crippen LogP contribution in [0.5, 0.6) is 0 Å². The summed E-state index contributed by atoms with van der Waals surface area (Å²) >= 11 is 0. The van der Waals surface area contributed by atoms with Gasteiger partial charge in [0, 0.05) is 29.9 Å². The van der Waals surface area contributed by atoms with Crippen LogP contribution < -0.4 is 5.32 Å². The molecule has 2 N–H and O–H groups in total. The largest absolute Gasteiger partial charge is 0.396 e. The van der Waals surface area contributed by atoms with Crippen molar-refractivity contribution < 1.29 is 5.11 Å². The lowest BCUT2D eigenvalue weighted by Crippen LogP contribution is -2.12. The van der Waals surface area contributed by atoms with Crippen LogP contribution in [0.1, 0.15) is 30.5 Å². The molecule has 3 heteroatoms. The normalized spacial score (nSPS) is 14.4. The molecule has 0 spiro atoms. The molecule has 2 aromatic rings. The lowest BCUT2D eigenvalue weighted by Gasteiger charge is -2.21. The minimum absolute atomic E-state index is 0.234. The Balaban J connectivity index is 2.08. The number of nitrogens with one attached hydrogen (secondary N) is 1. The van der Waals surface area contributed by atoms with E-state index < -0.39 is 0 Å². The molecule has 0 bridgehead atoms. The van der Waals surface area contributed by atoms with E-state index in [4.69, 9.17) is 10.1 Å². The van der Waals surface area contributed by atoms with E-state index in [2.05, 4.69) is 23.5 Å². The van der Waals surface area contributed by atoms with Gasteiger partial charge in [0.25, 0.3) is 0 Å². The smallest absolute Gasteiger partial charge is 0.0726 e. The number of nitrogens with zero attached hydrogens (tertiary/aromatic N) is 1. The second kappa shape index (κ2) is 5.57. The summed E-state index contributed by atoms with van der Waals surface area (Å²) in [6, 6.07) is 8.33. The summed E-state index contributed by atoms with van der Waals surface area (Å²) in [5.74, 6) is 0.